The normalized spacial score (nSPS) is 11.3. The monoisotopic (exact) mass is 493 g/mol. The molecule has 5 aromatic rings. The quantitative estimate of drug-likeness (QED) is 0.321. The van der Waals surface area contributed by atoms with Gasteiger partial charge in [-0.15, -0.1) is 10.2 Å². The van der Waals surface area contributed by atoms with Crippen LogP contribution < -0.4 is 5.32 Å². The lowest BCUT2D eigenvalue weighted by molar-refractivity contribution is 0.469. The summed E-state index contributed by atoms with van der Waals surface area (Å²) in [6, 6.07) is 18.9. The van der Waals surface area contributed by atoms with Crippen molar-refractivity contribution in [2.75, 3.05) is 5.32 Å². The Labute approximate surface area is 191 Å². The summed E-state index contributed by atoms with van der Waals surface area (Å²) >= 11 is 9.89. The van der Waals surface area contributed by atoms with Crippen molar-refractivity contribution < 1.29 is 5.11 Å². The van der Waals surface area contributed by atoms with Gasteiger partial charge in [-0.1, -0.05) is 39.7 Å². The van der Waals surface area contributed by atoms with Crippen molar-refractivity contribution in [2.24, 2.45) is 0 Å². The summed E-state index contributed by atoms with van der Waals surface area (Å²) in [6.45, 7) is 2.39. The molecule has 0 saturated heterocycles. The van der Waals surface area contributed by atoms with Crippen molar-refractivity contribution in [3.05, 3.63) is 81.4 Å². The molecule has 0 aliphatic heterocycles. The molecule has 2 heterocycles. The van der Waals surface area contributed by atoms with Crippen LogP contribution in [0.15, 0.2) is 65.1 Å². The van der Waals surface area contributed by atoms with Gasteiger partial charge in [0.05, 0.1) is 21.7 Å². The van der Waals surface area contributed by atoms with Crippen molar-refractivity contribution in [3.63, 3.8) is 0 Å². The molecular formula is C23H17BrClN5O. The van der Waals surface area contributed by atoms with E-state index in [2.05, 4.69) is 36.4 Å². The van der Waals surface area contributed by atoms with Crippen LogP contribution in [0.1, 0.15) is 11.3 Å². The van der Waals surface area contributed by atoms with Crippen LogP contribution in [0.25, 0.3) is 28.1 Å². The van der Waals surface area contributed by atoms with Crippen LogP contribution >= 0.6 is 27.5 Å². The number of aromatic hydroxyl groups is 1. The molecule has 0 bridgehead atoms. The van der Waals surface area contributed by atoms with Gasteiger partial charge in [0.25, 0.3) is 0 Å². The molecule has 2 aromatic heterocycles. The average molecular weight is 495 g/mol. The Kier molecular flexibility index (Phi) is 5.00. The SMILES string of the molecule is Cc1nc2ccc(NCc3cc(Br)ccc3O)cc2n2c(-c3ccccc3Cl)nnc12. The molecule has 154 valence electrons. The number of hydrogen-bond acceptors (Lipinski definition) is 5. The summed E-state index contributed by atoms with van der Waals surface area (Å²) in [5.41, 5.74) is 5.65. The minimum absolute atomic E-state index is 0.246. The fourth-order valence-electron chi connectivity index (χ4n) is 3.59. The Morgan fingerprint density at radius 2 is 1.90 bits per heavy atom. The molecule has 8 heteroatoms. The first-order valence-corrected chi connectivity index (χ1v) is 10.8. The van der Waals surface area contributed by atoms with E-state index < -0.39 is 0 Å². The zero-order valence-corrected chi connectivity index (χ0v) is 18.8. The van der Waals surface area contributed by atoms with Gasteiger partial charge in [-0.3, -0.25) is 4.40 Å². The molecule has 0 unspecified atom stereocenters. The molecule has 2 N–H and O–H groups in total. The maximum absolute atomic E-state index is 10.1. The van der Waals surface area contributed by atoms with E-state index in [0.29, 0.717) is 23.0 Å². The fraction of sp³-hybridized carbons (Fsp3) is 0.0870. The smallest absolute Gasteiger partial charge is 0.183 e. The molecule has 0 aliphatic rings. The Bertz CT molecular complexity index is 1450. The second-order valence-corrected chi connectivity index (χ2v) is 8.51. The summed E-state index contributed by atoms with van der Waals surface area (Å²) in [5, 5.41) is 22.9. The molecule has 6 nitrogen and oxygen atoms in total. The van der Waals surface area contributed by atoms with E-state index in [4.69, 9.17) is 11.6 Å². The Balaban J connectivity index is 1.63. The highest BCUT2D eigenvalue weighted by Crippen LogP contribution is 2.30. The number of phenols is 1. The molecule has 0 aliphatic carbocycles. The summed E-state index contributed by atoms with van der Waals surface area (Å²) in [7, 11) is 0. The third kappa shape index (κ3) is 3.60. The van der Waals surface area contributed by atoms with Crippen LogP contribution in [0, 0.1) is 6.92 Å². The van der Waals surface area contributed by atoms with Crippen molar-refractivity contribution in [1.82, 2.24) is 19.6 Å². The molecule has 31 heavy (non-hydrogen) atoms. The summed E-state index contributed by atoms with van der Waals surface area (Å²) in [4.78, 5) is 4.69. The van der Waals surface area contributed by atoms with Crippen LogP contribution in [-0.2, 0) is 6.54 Å². The van der Waals surface area contributed by atoms with Crippen molar-refractivity contribution in [3.8, 4) is 17.1 Å². The Morgan fingerprint density at radius 1 is 1.06 bits per heavy atom. The molecule has 0 atom stereocenters. The van der Waals surface area contributed by atoms with Crippen molar-refractivity contribution in [2.45, 2.75) is 13.5 Å². The van der Waals surface area contributed by atoms with E-state index in [9.17, 15) is 5.11 Å². The Morgan fingerprint density at radius 3 is 2.74 bits per heavy atom. The molecule has 3 aromatic carbocycles. The number of aryl methyl sites for hydroxylation is 1. The molecule has 5 rings (SSSR count). The highest BCUT2D eigenvalue weighted by molar-refractivity contribution is 9.10. The first-order valence-electron chi connectivity index (χ1n) is 9.63. The molecule has 0 spiro atoms. The number of benzene rings is 3. The van der Waals surface area contributed by atoms with E-state index in [0.717, 1.165) is 38.0 Å². The average Bonchev–Trinajstić information content (AvgIpc) is 3.21. The molecule has 0 amide bonds. The van der Waals surface area contributed by atoms with Gasteiger partial charge in [0.1, 0.15) is 5.75 Å². The lowest BCUT2D eigenvalue weighted by atomic mass is 10.2. The maximum Gasteiger partial charge on any atom is 0.183 e. The molecule has 0 fully saturated rings. The van der Waals surface area contributed by atoms with E-state index in [1.54, 1.807) is 6.07 Å². The summed E-state index contributed by atoms with van der Waals surface area (Å²) < 4.78 is 2.90. The van der Waals surface area contributed by atoms with Crippen LogP contribution in [-0.4, -0.2) is 24.7 Å². The minimum Gasteiger partial charge on any atom is -0.508 e. The number of anilines is 1. The van der Waals surface area contributed by atoms with E-state index in [1.165, 1.54) is 0 Å². The molecule has 0 radical (unpaired) electrons. The number of aromatic nitrogens is 4. The van der Waals surface area contributed by atoms with Gasteiger partial charge in [0.2, 0.25) is 0 Å². The summed E-state index contributed by atoms with van der Waals surface area (Å²) in [5.74, 6) is 0.911. The van der Waals surface area contributed by atoms with Gasteiger partial charge in [-0.05, 0) is 55.5 Å². The van der Waals surface area contributed by atoms with E-state index in [-0.39, 0.29) is 5.75 Å². The van der Waals surface area contributed by atoms with Crippen LogP contribution in [0.3, 0.4) is 0 Å². The number of fused-ring (bicyclic) bond motifs is 3. The zero-order valence-electron chi connectivity index (χ0n) is 16.5. The Hall–Kier alpha value is -3.16. The second-order valence-electron chi connectivity index (χ2n) is 7.19. The van der Waals surface area contributed by atoms with Gasteiger partial charge < -0.3 is 10.4 Å². The van der Waals surface area contributed by atoms with Crippen LogP contribution in [0.2, 0.25) is 5.02 Å². The third-order valence-electron chi connectivity index (χ3n) is 5.13. The standard InChI is InChI=1S/C23H17BrClN5O/c1-13-22-28-29-23(17-4-2-3-5-18(17)25)30(22)20-11-16(7-8-19(20)27-13)26-12-14-10-15(24)6-9-21(14)31/h2-11,26,31H,12H2,1H3. The van der Waals surface area contributed by atoms with Crippen LogP contribution in [0.5, 0.6) is 5.75 Å². The van der Waals surface area contributed by atoms with Gasteiger partial charge >= 0.3 is 0 Å². The molecule has 0 saturated carbocycles. The van der Waals surface area contributed by atoms with Crippen LogP contribution in [0.4, 0.5) is 5.69 Å². The van der Waals surface area contributed by atoms with Crippen molar-refractivity contribution in [1.29, 1.82) is 0 Å². The minimum atomic E-state index is 0.246. The number of rotatable bonds is 4. The first-order chi connectivity index (χ1) is 15.0. The topological polar surface area (TPSA) is 75.3 Å². The second kappa shape index (κ2) is 7.83. The summed E-state index contributed by atoms with van der Waals surface area (Å²) in [6.07, 6.45) is 0. The number of nitrogens with zero attached hydrogens (tertiary/aromatic N) is 4. The maximum atomic E-state index is 10.1. The number of halogens is 2. The van der Waals surface area contributed by atoms with Gasteiger partial charge in [-0.2, -0.15) is 0 Å². The predicted molar refractivity (Wildman–Crippen MR) is 127 cm³/mol. The third-order valence-corrected chi connectivity index (χ3v) is 5.95. The fourth-order valence-corrected chi connectivity index (χ4v) is 4.22. The van der Waals surface area contributed by atoms with Crippen molar-refractivity contribution >= 4 is 49.9 Å². The predicted octanol–water partition coefficient (Wildman–Crippen LogP) is 5.99. The number of phenolic OH excluding ortho intramolecular Hbond substituents is 1. The first kappa shape index (κ1) is 19.8. The number of hydrogen-bond donors (Lipinski definition) is 2. The highest BCUT2D eigenvalue weighted by atomic mass is 79.9. The lowest BCUT2D eigenvalue weighted by Crippen LogP contribution is -2.02. The van der Waals surface area contributed by atoms with E-state index >= 15 is 0 Å². The lowest BCUT2D eigenvalue weighted by Gasteiger charge is -2.12. The number of nitrogens with one attached hydrogen (secondary N) is 1. The largest absolute Gasteiger partial charge is 0.508 e. The molecular weight excluding hydrogens is 478 g/mol. The van der Waals surface area contributed by atoms with Gasteiger partial charge in [0, 0.05) is 27.8 Å². The van der Waals surface area contributed by atoms with Gasteiger partial charge in [-0.25, -0.2) is 4.98 Å². The van der Waals surface area contributed by atoms with Gasteiger partial charge in [0.15, 0.2) is 11.5 Å². The zero-order chi connectivity index (χ0) is 21.5. The van der Waals surface area contributed by atoms with E-state index in [1.807, 2.05) is 65.9 Å². The highest BCUT2D eigenvalue weighted by Gasteiger charge is 2.16.